The summed E-state index contributed by atoms with van der Waals surface area (Å²) in [6.07, 6.45) is 7.19. The van der Waals surface area contributed by atoms with Gasteiger partial charge in [-0.2, -0.15) is 0 Å². The smallest absolute Gasteiger partial charge is 0.335 e. The van der Waals surface area contributed by atoms with Gasteiger partial charge in [0, 0.05) is 43.1 Å². The second kappa shape index (κ2) is 9.07. The Kier molecular flexibility index (Phi) is 5.87. The Balaban J connectivity index is 1.57. The molecule has 6 rings (SSSR count). The summed E-state index contributed by atoms with van der Waals surface area (Å²) < 4.78 is 2.44. The number of hydrogen-bond acceptors (Lipinski definition) is 3. The van der Waals surface area contributed by atoms with Gasteiger partial charge in [-0.25, -0.2) is 4.79 Å². The zero-order valence-corrected chi connectivity index (χ0v) is 21.2. The molecule has 0 unspecified atom stereocenters. The number of carbonyl (C=O) groups excluding carboxylic acids is 1. The van der Waals surface area contributed by atoms with E-state index in [1.807, 2.05) is 20.2 Å². The average molecular weight is 486 g/mol. The molecule has 6 heteroatoms. The summed E-state index contributed by atoms with van der Waals surface area (Å²) in [4.78, 5) is 28.7. The summed E-state index contributed by atoms with van der Waals surface area (Å²) in [5, 5.41) is 11.0. The summed E-state index contributed by atoms with van der Waals surface area (Å²) >= 11 is 0. The van der Waals surface area contributed by atoms with E-state index in [0.717, 1.165) is 25.0 Å². The first kappa shape index (κ1) is 23.3. The second-order valence-corrected chi connectivity index (χ2v) is 11.1. The summed E-state index contributed by atoms with van der Waals surface area (Å²) in [7, 11) is 3.65. The normalized spacial score (nSPS) is 22.1. The zero-order chi connectivity index (χ0) is 25.0. The molecule has 1 aliphatic carbocycles. The van der Waals surface area contributed by atoms with Gasteiger partial charge in [-0.1, -0.05) is 49.6 Å². The summed E-state index contributed by atoms with van der Waals surface area (Å²) in [6, 6.07) is 14.7. The van der Waals surface area contributed by atoms with Crippen LogP contribution in [0, 0.1) is 5.92 Å². The van der Waals surface area contributed by atoms with Gasteiger partial charge in [0.2, 0.25) is 5.91 Å². The molecule has 1 saturated heterocycles. The van der Waals surface area contributed by atoms with E-state index in [9.17, 15) is 14.7 Å². The van der Waals surface area contributed by atoms with Gasteiger partial charge < -0.3 is 14.6 Å². The van der Waals surface area contributed by atoms with Crippen molar-refractivity contribution in [3.63, 3.8) is 0 Å². The van der Waals surface area contributed by atoms with Gasteiger partial charge in [-0.3, -0.25) is 9.69 Å². The lowest BCUT2D eigenvalue weighted by Crippen LogP contribution is -2.37. The predicted molar refractivity (Wildman–Crippen MR) is 141 cm³/mol. The van der Waals surface area contributed by atoms with E-state index < -0.39 is 5.97 Å². The van der Waals surface area contributed by atoms with Gasteiger partial charge in [-0.05, 0) is 60.9 Å². The Morgan fingerprint density at radius 3 is 2.56 bits per heavy atom. The molecule has 1 amide bonds. The highest BCUT2D eigenvalue weighted by atomic mass is 16.4. The number of carboxylic acid groups (broad SMARTS) is 1. The fraction of sp³-hybridized carbons (Fsp3) is 0.467. The number of nitrogens with zero attached hydrogens (tertiary/aromatic N) is 3. The highest BCUT2D eigenvalue weighted by molar-refractivity contribution is 5.98. The first-order valence-corrected chi connectivity index (χ1v) is 13.4. The molecule has 1 aromatic heterocycles. The zero-order valence-electron chi connectivity index (χ0n) is 21.2. The fourth-order valence-corrected chi connectivity index (χ4v) is 7.06. The lowest BCUT2D eigenvalue weighted by atomic mass is 9.81. The molecule has 0 radical (unpaired) electrons. The Morgan fingerprint density at radius 2 is 1.81 bits per heavy atom. The highest BCUT2D eigenvalue weighted by Gasteiger charge is 2.41. The maximum absolute atomic E-state index is 12.7. The number of carboxylic acids is 1. The van der Waals surface area contributed by atoms with E-state index in [1.165, 1.54) is 59.9 Å². The van der Waals surface area contributed by atoms with E-state index in [0.29, 0.717) is 23.9 Å². The highest BCUT2D eigenvalue weighted by Crippen LogP contribution is 2.51. The molecule has 2 aromatic carbocycles. The molecule has 1 N–H and O–H groups in total. The molecule has 2 atom stereocenters. The number of aromatic nitrogens is 1. The maximum Gasteiger partial charge on any atom is 0.335 e. The lowest BCUT2D eigenvalue weighted by Gasteiger charge is -2.29. The number of likely N-dealkylation sites (tertiary alicyclic amines) is 1. The van der Waals surface area contributed by atoms with Crippen LogP contribution in [0.4, 0.5) is 0 Å². The Bertz CT molecular complexity index is 1330. The number of rotatable bonds is 4. The van der Waals surface area contributed by atoms with Crippen molar-refractivity contribution in [2.45, 2.75) is 57.0 Å². The molecule has 3 heterocycles. The summed E-state index contributed by atoms with van der Waals surface area (Å²) in [5.74, 6) is 0.112. The minimum atomic E-state index is -0.882. The van der Waals surface area contributed by atoms with Crippen molar-refractivity contribution in [2.24, 2.45) is 5.92 Å². The van der Waals surface area contributed by atoms with Gasteiger partial charge in [0.15, 0.2) is 0 Å². The topological polar surface area (TPSA) is 65.8 Å². The number of fused-ring (bicyclic) bond motifs is 7. The van der Waals surface area contributed by atoms with Crippen LogP contribution < -0.4 is 0 Å². The molecule has 36 heavy (non-hydrogen) atoms. The van der Waals surface area contributed by atoms with Crippen molar-refractivity contribution in [2.75, 3.05) is 27.2 Å². The van der Waals surface area contributed by atoms with Crippen LogP contribution >= 0.6 is 0 Å². The van der Waals surface area contributed by atoms with Gasteiger partial charge in [0.25, 0.3) is 0 Å². The van der Waals surface area contributed by atoms with Crippen molar-refractivity contribution < 1.29 is 14.7 Å². The number of aromatic carboxylic acids is 1. The first-order valence-electron chi connectivity index (χ1n) is 13.4. The monoisotopic (exact) mass is 485 g/mol. The average Bonchev–Trinajstić information content (AvgIpc) is 3.38. The van der Waals surface area contributed by atoms with Crippen LogP contribution in [-0.2, 0) is 11.3 Å². The molecule has 0 bridgehead atoms. The summed E-state index contributed by atoms with van der Waals surface area (Å²) in [5.41, 5.74) is 6.64. The third-order valence-corrected chi connectivity index (χ3v) is 8.78. The van der Waals surface area contributed by atoms with Crippen molar-refractivity contribution in [3.8, 4) is 11.3 Å². The van der Waals surface area contributed by atoms with E-state index in [-0.39, 0.29) is 11.9 Å². The van der Waals surface area contributed by atoms with Crippen LogP contribution in [0.5, 0.6) is 0 Å². The first-order chi connectivity index (χ1) is 17.4. The van der Waals surface area contributed by atoms with Crippen LogP contribution in [0.1, 0.15) is 72.0 Å². The third kappa shape index (κ3) is 3.74. The molecule has 3 aliphatic rings. The number of benzene rings is 2. The number of hydrogen-bond donors (Lipinski definition) is 1. The number of carbonyl (C=O) groups is 2. The molecular weight excluding hydrogens is 450 g/mol. The molecule has 6 nitrogen and oxygen atoms in total. The van der Waals surface area contributed by atoms with Crippen molar-refractivity contribution in [3.05, 3.63) is 59.2 Å². The molecule has 2 fully saturated rings. The Labute approximate surface area is 212 Å². The fourth-order valence-electron chi connectivity index (χ4n) is 7.06. The summed E-state index contributed by atoms with van der Waals surface area (Å²) in [6.45, 7) is 2.16. The molecule has 2 aliphatic heterocycles. The second-order valence-electron chi connectivity index (χ2n) is 11.1. The SMILES string of the molecule is CN(C)C(=O)CN1CC[C@H]2Cn3c(c(C4CCCCC4)c4ccc(C(=O)O)cc43)-c3ccccc3[C@@H]21. The van der Waals surface area contributed by atoms with E-state index >= 15 is 0 Å². The van der Waals surface area contributed by atoms with E-state index in [1.54, 1.807) is 11.0 Å². The van der Waals surface area contributed by atoms with Gasteiger partial charge >= 0.3 is 5.97 Å². The third-order valence-electron chi connectivity index (χ3n) is 8.78. The van der Waals surface area contributed by atoms with Gasteiger partial charge in [-0.15, -0.1) is 0 Å². The minimum Gasteiger partial charge on any atom is -0.478 e. The predicted octanol–water partition coefficient (Wildman–Crippen LogP) is 5.52. The molecule has 188 valence electrons. The Hall–Kier alpha value is -3.12. The maximum atomic E-state index is 12.7. The van der Waals surface area contributed by atoms with Gasteiger partial charge in [0.1, 0.15) is 0 Å². The van der Waals surface area contributed by atoms with Crippen LogP contribution in [0.25, 0.3) is 22.2 Å². The van der Waals surface area contributed by atoms with E-state index in [2.05, 4.69) is 39.8 Å². The standard InChI is InChI=1S/C30H35N3O3/c1-31(2)26(34)18-32-15-14-21-17-33-25-16-20(30(35)36)12-13-24(25)27(19-8-4-3-5-9-19)29(33)23-11-7-6-10-22(23)28(21)32/h6-7,10-13,16,19,21,28H,3-5,8-9,14-15,17-18H2,1-2H3,(H,35,36)/t21-,28+/m0/s1. The quantitative estimate of drug-likeness (QED) is 0.529. The van der Waals surface area contributed by atoms with Gasteiger partial charge in [0.05, 0.1) is 17.8 Å². The molecule has 0 spiro atoms. The lowest BCUT2D eigenvalue weighted by molar-refractivity contribution is -0.130. The van der Waals surface area contributed by atoms with Crippen LogP contribution in [-0.4, -0.2) is 58.5 Å². The van der Waals surface area contributed by atoms with E-state index in [4.69, 9.17) is 0 Å². The number of amides is 1. The van der Waals surface area contributed by atoms with Crippen molar-refractivity contribution in [1.82, 2.24) is 14.4 Å². The van der Waals surface area contributed by atoms with Crippen LogP contribution in [0.3, 0.4) is 0 Å². The van der Waals surface area contributed by atoms with Crippen molar-refractivity contribution >= 4 is 22.8 Å². The number of likely N-dealkylation sites (N-methyl/N-ethyl adjacent to an activating group) is 1. The Morgan fingerprint density at radius 1 is 1.03 bits per heavy atom. The van der Waals surface area contributed by atoms with Crippen LogP contribution in [0.2, 0.25) is 0 Å². The largest absolute Gasteiger partial charge is 0.478 e. The molecular formula is C30H35N3O3. The minimum absolute atomic E-state index is 0.136. The van der Waals surface area contributed by atoms with Crippen molar-refractivity contribution in [1.29, 1.82) is 0 Å². The molecule has 1 saturated carbocycles. The molecule has 3 aromatic rings. The van der Waals surface area contributed by atoms with Crippen LogP contribution in [0.15, 0.2) is 42.5 Å².